The fourth-order valence-corrected chi connectivity index (χ4v) is 4.64. The summed E-state index contributed by atoms with van der Waals surface area (Å²) in [5.41, 5.74) is -1.03. The highest BCUT2D eigenvalue weighted by Gasteiger charge is 2.30. The maximum Gasteiger partial charge on any atom is 0.331 e. The van der Waals surface area contributed by atoms with Crippen molar-refractivity contribution in [3.63, 3.8) is 0 Å². The summed E-state index contributed by atoms with van der Waals surface area (Å²) in [7, 11) is 2.87. The number of carbonyl (C=O) groups is 2. The average Bonchev–Trinajstić information content (AvgIpc) is 3.24. The molecule has 1 aromatic heterocycles. The zero-order chi connectivity index (χ0) is 28.4. The summed E-state index contributed by atoms with van der Waals surface area (Å²) < 4.78 is 55.6. The van der Waals surface area contributed by atoms with Crippen LogP contribution in [-0.2, 0) is 9.53 Å². The van der Waals surface area contributed by atoms with Gasteiger partial charge in [-0.2, -0.15) is 0 Å². The summed E-state index contributed by atoms with van der Waals surface area (Å²) in [6.07, 6.45) is 0.288. The molecule has 0 bridgehead atoms. The summed E-state index contributed by atoms with van der Waals surface area (Å²) in [6, 6.07) is 6.38. The van der Waals surface area contributed by atoms with Gasteiger partial charge < -0.3 is 14.6 Å². The topological polar surface area (TPSA) is 97.8 Å². The van der Waals surface area contributed by atoms with Crippen LogP contribution >= 0.6 is 11.3 Å². The molecule has 3 rings (SSSR count). The first-order valence-corrected chi connectivity index (χ1v) is 12.2. The minimum Gasteiger partial charge on any atom is -0.486 e. The molecule has 202 valence electrons. The molecule has 0 aliphatic heterocycles. The quantitative estimate of drug-likeness (QED) is 0.304. The van der Waals surface area contributed by atoms with Crippen LogP contribution in [-0.4, -0.2) is 36.2 Å². The van der Waals surface area contributed by atoms with E-state index in [2.05, 4.69) is 10.3 Å². The molecular formula is C27H27F3N2O5S. The molecule has 1 amide bonds. The summed E-state index contributed by atoms with van der Waals surface area (Å²) in [5, 5.41) is 11.6. The van der Waals surface area contributed by atoms with Crippen molar-refractivity contribution < 1.29 is 37.3 Å². The minimum absolute atomic E-state index is 0.0114. The number of methoxy groups -OCH3 is 2. The molecule has 3 aromatic rings. The normalized spacial score (nSPS) is 12.8. The Kier molecular flexibility index (Phi) is 8.63. The van der Waals surface area contributed by atoms with Gasteiger partial charge in [0.05, 0.1) is 13.2 Å². The molecule has 1 unspecified atom stereocenters. The van der Waals surface area contributed by atoms with Gasteiger partial charge in [0, 0.05) is 34.9 Å². The monoisotopic (exact) mass is 548 g/mol. The SMILES string of the molecule is COc1sc(NC(=O)c2cc(F)c(C=C(C)C(=O)O)c(F)c2)nc1-c1cccc(C(OC)C(C)(C)C)c1F. The van der Waals surface area contributed by atoms with Crippen molar-refractivity contribution in [2.75, 3.05) is 19.5 Å². The average molecular weight is 549 g/mol. The van der Waals surface area contributed by atoms with Crippen molar-refractivity contribution in [2.24, 2.45) is 5.41 Å². The van der Waals surface area contributed by atoms with Gasteiger partial charge in [-0.1, -0.05) is 44.2 Å². The van der Waals surface area contributed by atoms with Gasteiger partial charge in [-0.3, -0.25) is 10.1 Å². The maximum atomic E-state index is 15.7. The van der Waals surface area contributed by atoms with Gasteiger partial charge in [-0.15, -0.1) is 0 Å². The molecule has 2 N–H and O–H groups in total. The van der Waals surface area contributed by atoms with Gasteiger partial charge in [0.25, 0.3) is 5.91 Å². The van der Waals surface area contributed by atoms with E-state index >= 15 is 4.39 Å². The lowest BCUT2D eigenvalue weighted by molar-refractivity contribution is -0.132. The molecule has 1 atom stereocenters. The fraction of sp³-hybridized carbons (Fsp3) is 0.296. The largest absolute Gasteiger partial charge is 0.486 e. The molecule has 0 radical (unpaired) electrons. The van der Waals surface area contributed by atoms with Gasteiger partial charge in [-0.05, 0) is 36.6 Å². The minimum atomic E-state index is -1.34. The first kappa shape index (κ1) is 28.9. The number of benzene rings is 2. The number of aliphatic carboxylic acids is 1. The second-order valence-electron chi connectivity index (χ2n) is 9.49. The highest BCUT2D eigenvalue weighted by molar-refractivity contribution is 7.18. The molecule has 0 spiro atoms. The number of ether oxygens (including phenoxy) is 2. The number of thiazole rings is 1. The number of aromatic nitrogens is 1. The predicted molar refractivity (Wildman–Crippen MR) is 139 cm³/mol. The smallest absolute Gasteiger partial charge is 0.331 e. The summed E-state index contributed by atoms with van der Waals surface area (Å²) in [4.78, 5) is 28.0. The van der Waals surface area contributed by atoms with E-state index in [4.69, 9.17) is 14.6 Å². The fourth-order valence-electron chi connectivity index (χ4n) is 3.85. The van der Waals surface area contributed by atoms with Gasteiger partial charge in [0.1, 0.15) is 23.1 Å². The number of amides is 1. The molecule has 7 nitrogen and oxygen atoms in total. The lowest BCUT2D eigenvalue weighted by atomic mass is 9.83. The lowest BCUT2D eigenvalue weighted by Gasteiger charge is -2.30. The standard InChI is InChI=1S/C27H27F3N2O5S/c1-13(24(34)35)10-17-18(28)11-14(12-19(17)29)23(33)32-26-31-21(25(37-6)38-26)15-8-7-9-16(20(15)30)22(36-5)27(2,3)4/h7-12,22H,1-6H3,(H,34,35)(H,31,32,33). The third-order valence-electron chi connectivity index (χ3n) is 5.63. The second-order valence-corrected chi connectivity index (χ2v) is 10.5. The van der Waals surface area contributed by atoms with Crippen molar-refractivity contribution in [1.29, 1.82) is 0 Å². The van der Waals surface area contributed by atoms with Crippen LogP contribution in [0.1, 0.15) is 55.3 Å². The van der Waals surface area contributed by atoms with E-state index in [1.54, 1.807) is 12.1 Å². The lowest BCUT2D eigenvalue weighted by Crippen LogP contribution is -2.21. The summed E-state index contributed by atoms with van der Waals surface area (Å²) in [6.45, 7) is 6.96. The molecule has 0 aliphatic rings. The Morgan fingerprint density at radius 1 is 1.13 bits per heavy atom. The number of anilines is 1. The van der Waals surface area contributed by atoms with E-state index in [0.29, 0.717) is 5.56 Å². The zero-order valence-corrected chi connectivity index (χ0v) is 22.4. The third kappa shape index (κ3) is 6.05. The number of nitrogens with zero attached hydrogens (tertiary/aromatic N) is 1. The number of halogens is 3. The maximum absolute atomic E-state index is 15.7. The summed E-state index contributed by atoms with van der Waals surface area (Å²) >= 11 is 0.909. The Labute approximate surface area is 221 Å². The number of hydrogen-bond donors (Lipinski definition) is 2. The molecular weight excluding hydrogens is 521 g/mol. The number of nitrogens with one attached hydrogen (secondary N) is 1. The number of rotatable bonds is 8. The zero-order valence-electron chi connectivity index (χ0n) is 21.6. The first-order chi connectivity index (χ1) is 17.8. The Hall–Kier alpha value is -3.70. The van der Waals surface area contributed by atoms with Crippen LogP contribution in [0.25, 0.3) is 17.3 Å². The van der Waals surface area contributed by atoms with Crippen LogP contribution in [0.15, 0.2) is 35.9 Å². The van der Waals surface area contributed by atoms with Crippen LogP contribution in [0.5, 0.6) is 5.06 Å². The molecule has 11 heteroatoms. The van der Waals surface area contributed by atoms with Crippen LogP contribution < -0.4 is 10.1 Å². The van der Waals surface area contributed by atoms with E-state index < -0.39 is 46.4 Å². The van der Waals surface area contributed by atoms with Crippen molar-refractivity contribution in [3.8, 4) is 16.3 Å². The Morgan fingerprint density at radius 2 is 1.76 bits per heavy atom. The molecule has 0 saturated heterocycles. The van der Waals surface area contributed by atoms with E-state index in [1.807, 2.05) is 20.8 Å². The van der Waals surface area contributed by atoms with Crippen LogP contribution in [0.3, 0.4) is 0 Å². The van der Waals surface area contributed by atoms with Gasteiger partial charge >= 0.3 is 5.97 Å². The van der Waals surface area contributed by atoms with Crippen LogP contribution in [0.4, 0.5) is 18.3 Å². The Balaban J connectivity index is 1.95. The number of hydrogen-bond acceptors (Lipinski definition) is 6. The molecule has 0 aliphatic carbocycles. The van der Waals surface area contributed by atoms with E-state index in [1.165, 1.54) is 27.2 Å². The first-order valence-electron chi connectivity index (χ1n) is 11.4. The van der Waals surface area contributed by atoms with Gasteiger partial charge in [0.15, 0.2) is 5.13 Å². The van der Waals surface area contributed by atoms with E-state index in [0.717, 1.165) is 29.5 Å². The highest BCUT2D eigenvalue weighted by atomic mass is 32.1. The second kappa shape index (κ2) is 11.4. The third-order valence-corrected chi connectivity index (χ3v) is 6.56. The number of carboxylic acids is 1. The van der Waals surface area contributed by atoms with Crippen LogP contribution in [0, 0.1) is 22.9 Å². The Bertz CT molecular complexity index is 1390. The highest BCUT2D eigenvalue weighted by Crippen LogP contribution is 2.43. The van der Waals surface area contributed by atoms with Crippen LogP contribution in [0.2, 0.25) is 0 Å². The van der Waals surface area contributed by atoms with E-state index in [-0.39, 0.29) is 32.6 Å². The van der Waals surface area contributed by atoms with Crippen molar-refractivity contribution in [1.82, 2.24) is 4.98 Å². The molecule has 2 aromatic carbocycles. The van der Waals surface area contributed by atoms with E-state index in [9.17, 15) is 18.4 Å². The summed E-state index contributed by atoms with van der Waals surface area (Å²) in [5.74, 6) is -4.99. The van der Waals surface area contributed by atoms with Crippen molar-refractivity contribution in [2.45, 2.75) is 33.8 Å². The van der Waals surface area contributed by atoms with Gasteiger partial charge in [-0.25, -0.2) is 22.9 Å². The predicted octanol–water partition coefficient (Wildman–Crippen LogP) is 6.71. The Morgan fingerprint density at radius 3 is 2.29 bits per heavy atom. The molecule has 1 heterocycles. The number of carbonyl (C=O) groups excluding carboxylic acids is 1. The molecule has 0 saturated carbocycles. The van der Waals surface area contributed by atoms with Gasteiger partial charge in [0.2, 0.25) is 5.06 Å². The molecule has 0 fully saturated rings. The molecule has 38 heavy (non-hydrogen) atoms. The van der Waals surface area contributed by atoms with Crippen molar-refractivity contribution in [3.05, 3.63) is 70.0 Å². The van der Waals surface area contributed by atoms with Crippen molar-refractivity contribution >= 4 is 34.4 Å². The number of carboxylic acid groups (broad SMARTS) is 1.